The Labute approximate surface area is 143 Å². The molecule has 1 fully saturated rings. The van der Waals surface area contributed by atoms with Crippen molar-refractivity contribution >= 4 is 39.2 Å². The summed E-state index contributed by atoms with van der Waals surface area (Å²) in [7, 11) is 0. The van der Waals surface area contributed by atoms with Crippen LogP contribution in [0.15, 0.2) is 37.5 Å². The first-order valence-electron chi connectivity index (χ1n) is 6.78. The number of hydrogen-bond donors (Lipinski definition) is 3. The maximum Gasteiger partial charge on any atom is 0.202 e. The molecule has 2 heterocycles. The average molecular weight is 402 g/mol. The van der Waals surface area contributed by atoms with E-state index in [0.29, 0.717) is 26.8 Å². The largest absolute Gasteiger partial charge is 0.409 e. The topological polar surface area (TPSA) is 95.6 Å². The lowest BCUT2D eigenvalue weighted by atomic mass is 10.1. The molecule has 23 heavy (non-hydrogen) atoms. The van der Waals surface area contributed by atoms with Crippen molar-refractivity contribution in [2.75, 3.05) is 24.2 Å². The molecular formula is C13H13BrFN5O2S. The molecule has 10 heteroatoms. The van der Waals surface area contributed by atoms with E-state index in [1.807, 2.05) is 0 Å². The van der Waals surface area contributed by atoms with Crippen LogP contribution < -0.4 is 10.6 Å². The second-order valence-electron chi connectivity index (χ2n) is 4.96. The van der Waals surface area contributed by atoms with E-state index in [-0.39, 0.29) is 11.7 Å². The van der Waals surface area contributed by atoms with Gasteiger partial charge in [-0.3, -0.25) is 0 Å². The molecule has 3 N–H and O–H groups in total. The summed E-state index contributed by atoms with van der Waals surface area (Å²) in [4.78, 5) is 0. The van der Waals surface area contributed by atoms with E-state index in [0.717, 1.165) is 18.8 Å². The zero-order chi connectivity index (χ0) is 16.2. The average Bonchev–Trinajstić information content (AvgIpc) is 2.95. The SMILES string of the molecule is O/N=C(\Nc1ccc(F)c(Br)c1)c1nonc1SCC1CNC1. The van der Waals surface area contributed by atoms with Crippen LogP contribution in [0.4, 0.5) is 10.1 Å². The third-order valence-electron chi connectivity index (χ3n) is 3.29. The van der Waals surface area contributed by atoms with Gasteiger partial charge in [0.15, 0.2) is 10.7 Å². The van der Waals surface area contributed by atoms with Crippen molar-refractivity contribution in [1.29, 1.82) is 0 Å². The van der Waals surface area contributed by atoms with Gasteiger partial charge in [0.25, 0.3) is 0 Å². The molecule has 2 aromatic rings. The number of hydrogen-bond acceptors (Lipinski definition) is 7. The molecule has 0 amide bonds. The van der Waals surface area contributed by atoms with E-state index < -0.39 is 0 Å². The normalized spacial score (nSPS) is 15.5. The number of oxime groups is 1. The number of halogens is 2. The molecule has 0 saturated carbocycles. The van der Waals surface area contributed by atoms with E-state index in [4.69, 9.17) is 4.63 Å². The van der Waals surface area contributed by atoms with E-state index in [1.54, 1.807) is 0 Å². The van der Waals surface area contributed by atoms with Crippen molar-refractivity contribution in [2.45, 2.75) is 5.03 Å². The first kappa shape index (κ1) is 16.2. The maximum absolute atomic E-state index is 13.3. The van der Waals surface area contributed by atoms with Gasteiger partial charge in [0, 0.05) is 11.4 Å². The van der Waals surface area contributed by atoms with Gasteiger partial charge in [-0.25, -0.2) is 9.02 Å². The molecule has 0 spiro atoms. The molecule has 0 radical (unpaired) electrons. The van der Waals surface area contributed by atoms with Crippen LogP contribution in [0.2, 0.25) is 0 Å². The highest BCUT2D eigenvalue weighted by Gasteiger charge is 2.22. The van der Waals surface area contributed by atoms with Gasteiger partial charge in [0.05, 0.1) is 4.47 Å². The lowest BCUT2D eigenvalue weighted by Gasteiger charge is -2.26. The van der Waals surface area contributed by atoms with Gasteiger partial charge < -0.3 is 15.8 Å². The molecule has 122 valence electrons. The summed E-state index contributed by atoms with van der Waals surface area (Å²) >= 11 is 4.59. The number of rotatable bonds is 5. The van der Waals surface area contributed by atoms with Crippen LogP contribution in [0.1, 0.15) is 5.69 Å². The quantitative estimate of drug-likeness (QED) is 0.233. The minimum absolute atomic E-state index is 0.0824. The Balaban J connectivity index is 1.73. The molecule has 0 aliphatic carbocycles. The molecule has 1 aromatic heterocycles. The third-order valence-corrected chi connectivity index (χ3v) is 5.07. The predicted molar refractivity (Wildman–Crippen MR) is 87.4 cm³/mol. The summed E-state index contributed by atoms with van der Waals surface area (Å²) in [6.07, 6.45) is 0. The van der Waals surface area contributed by atoms with Crippen LogP contribution in [-0.4, -0.2) is 40.2 Å². The van der Waals surface area contributed by atoms with Gasteiger partial charge in [-0.05, 0) is 63.4 Å². The summed E-state index contributed by atoms with van der Waals surface area (Å²) in [6.45, 7) is 1.97. The van der Waals surface area contributed by atoms with Crippen molar-refractivity contribution < 1.29 is 14.2 Å². The van der Waals surface area contributed by atoms with E-state index in [2.05, 4.69) is 42.0 Å². The number of nitrogens with zero attached hydrogens (tertiary/aromatic N) is 3. The molecule has 0 atom stereocenters. The first-order valence-corrected chi connectivity index (χ1v) is 8.56. The number of benzene rings is 1. The fraction of sp³-hybridized carbons (Fsp3) is 0.308. The molecule has 7 nitrogen and oxygen atoms in total. The maximum atomic E-state index is 13.3. The Hall–Kier alpha value is -1.65. The van der Waals surface area contributed by atoms with E-state index in [1.165, 1.54) is 30.0 Å². The summed E-state index contributed by atoms with van der Waals surface area (Å²) in [5, 5.41) is 26.7. The molecule has 0 bridgehead atoms. The number of aromatic nitrogens is 2. The van der Waals surface area contributed by atoms with Gasteiger partial charge in [-0.15, -0.1) is 11.8 Å². The molecule has 1 aliphatic rings. The van der Waals surface area contributed by atoms with E-state index >= 15 is 0 Å². The summed E-state index contributed by atoms with van der Waals surface area (Å²) in [5.74, 6) is 1.15. The minimum Gasteiger partial charge on any atom is -0.409 e. The van der Waals surface area contributed by atoms with Crippen LogP contribution in [0.25, 0.3) is 0 Å². The fourth-order valence-electron chi connectivity index (χ4n) is 1.93. The van der Waals surface area contributed by atoms with Crippen molar-refractivity contribution in [3.8, 4) is 0 Å². The van der Waals surface area contributed by atoms with Crippen LogP contribution in [0, 0.1) is 11.7 Å². The Bertz CT molecular complexity index is 722. The van der Waals surface area contributed by atoms with Crippen molar-refractivity contribution in [3.05, 3.63) is 34.2 Å². The number of nitrogens with one attached hydrogen (secondary N) is 2. The van der Waals surface area contributed by atoms with Crippen LogP contribution >= 0.6 is 27.7 Å². The Morgan fingerprint density at radius 2 is 2.35 bits per heavy atom. The van der Waals surface area contributed by atoms with Gasteiger partial charge in [-0.1, -0.05) is 5.16 Å². The second-order valence-corrected chi connectivity index (χ2v) is 6.82. The summed E-state index contributed by atoms with van der Waals surface area (Å²) < 4.78 is 18.3. The third kappa shape index (κ3) is 3.82. The molecule has 0 unspecified atom stereocenters. The van der Waals surface area contributed by atoms with Crippen LogP contribution in [-0.2, 0) is 0 Å². The Morgan fingerprint density at radius 3 is 3.00 bits per heavy atom. The van der Waals surface area contributed by atoms with Gasteiger partial charge in [-0.2, -0.15) is 0 Å². The smallest absolute Gasteiger partial charge is 0.202 e. The highest BCUT2D eigenvalue weighted by Crippen LogP contribution is 2.25. The number of thioether (sulfide) groups is 1. The minimum atomic E-state index is -0.383. The summed E-state index contributed by atoms with van der Waals surface area (Å²) in [6, 6.07) is 4.34. The molecule has 1 aromatic carbocycles. The lowest BCUT2D eigenvalue weighted by Crippen LogP contribution is -2.43. The zero-order valence-electron chi connectivity index (χ0n) is 11.8. The van der Waals surface area contributed by atoms with Crippen molar-refractivity contribution in [2.24, 2.45) is 11.1 Å². The van der Waals surface area contributed by atoms with Crippen LogP contribution in [0.5, 0.6) is 0 Å². The lowest BCUT2D eigenvalue weighted by molar-refractivity contribution is 0.296. The summed E-state index contributed by atoms with van der Waals surface area (Å²) in [5.41, 5.74) is 0.846. The van der Waals surface area contributed by atoms with Crippen molar-refractivity contribution in [3.63, 3.8) is 0 Å². The molecule has 3 rings (SSSR count). The Kier molecular flexibility index (Phi) is 5.13. The van der Waals surface area contributed by atoms with Gasteiger partial charge >= 0.3 is 0 Å². The predicted octanol–water partition coefficient (Wildman–Crippen LogP) is 2.53. The van der Waals surface area contributed by atoms with E-state index in [9.17, 15) is 9.60 Å². The van der Waals surface area contributed by atoms with Crippen LogP contribution in [0.3, 0.4) is 0 Å². The fourth-order valence-corrected chi connectivity index (χ4v) is 3.29. The molecular weight excluding hydrogens is 389 g/mol. The number of amidine groups is 1. The standard InChI is InChI=1S/C13H13BrFN5O2S/c14-9-3-8(1-2-10(9)15)17-12(18-21)11-13(20-22-19-11)23-6-7-4-16-5-7/h1-3,7,16,21H,4-6H2,(H,17,18). The monoisotopic (exact) mass is 401 g/mol. The molecule has 1 saturated heterocycles. The van der Waals surface area contributed by atoms with Gasteiger partial charge in [0.2, 0.25) is 5.84 Å². The first-order chi connectivity index (χ1) is 11.2. The number of anilines is 1. The highest BCUT2D eigenvalue weighted by atomic mass is 79.9. The molecule has 1 aliphatic heterocycles. The van der Waals surface area contributed by atoms with Gasteiger partial charge in [0.1, 0.15) is 5.82 Å². The van der Waals surface area contributed by atoms with Crippen molar-refractivity contribution in [1.82, 2.24) is 15.6 Å². The second kappa shape index (κ2) is 7.28. The zero-order valence-corrected chi connectivity index (χ0v) is 14.2. The Morgan fingerprint density at radius 1 is 1.52 bits per heavy atom. The highest BCUT2D eigenvalue weighted by molar-refractivity contribution is 9.10.